The largest absolute Gasteiger partial charge is 0.421 e. The number of fused-ring (bicyclic) bond motifs is 1. The van der Waals surface area contributed by atoms with Crippen LogP contribution in [0, 0.1) is 6.92 Å². The van der Waals surface area contributed by atoms with Crippen LogP contribution in [0.1, 0.15) is 36.0 Å². The minimum absolute atomic E-state index is 0.0145. The van der Waals surface area contributed by atoms with Crippen molar-refractivity contribution in [1.29, 1.82) is 0 Å². The van der Waals surface area contributed by atoms with Gasteiger partial charge in [-0.2, -0.15) is 23.3 Å². The van der Waals surface area contributed by atoms with Crippen LogP contribution in [-0.4, -0.2) is 36.3 Å². The number of aryl methyl sites for hydroxylation is 1. The van der Waals surface area contributed by atoms with E-state index in [9.17, 15) is 13.2 Å². The molecule has 0 saturated heterocycles. The molecule has 0 spiro atoms. The van der Waals surface area contributed by atoms with Crippen LogP contribution in [0.15, 0.2) is 24.8 Å². The number of rotatable bonds is 4. The number of nitrogens with one attached hydrogen (secondary N) is 2. The van der Waals surface area contributed by atoms with Gasteiger partial charge in [0.1, 0.15) is 23.2 Å². The Bertz CT molecular complexity index is 991. The van der Waals surface area contributed by atoms with E-state index in [-0.39, 0.29) is 17.8 Å². The minimum Gasteiger partial charge on any atom is -0.372 e. The Morgan fingerprint density at radius 3 is 2.79 bits per heavy atom. The fourth-order valence-electron chi connectivity index (χ4n) is 3.44. The van der Waals surface area contributed by atoms with Crippen molar-refractivity contribution >= 4 is 17.5 Å². The molecule has 1 unspecified atom stereocenters. The predicted molar refractivity (Wildman–Crippen MR) is 96.4 cm³/mol. The Hall–Kier alpha value is -3.11. The van der Waals surface area contributed by atoms with Crippen molar-refractivity contribution in [2.45, 2.75) is 38.5 Å². The third-order valence-corrected chi connectivity index (χ3v) is 4.84. The molecule has 8 nitrogen and oxygen atoms in total. The van der Waals surface area contributed by atoms with E-state index in [1.165, 1.54) is 7.05 Å². The van der Waals surface area contributed by atoms with Crippen molar-refractivity contribution < 1.29 is 13.2 Å². The van der Waals surface area contributed by atoms with Gasteiger partial charge >= 0.3 is 6.18 Å². The molecule has 1 atom stereocenters. The molecular formula is C17H19F3N8. The van der Waals surface area contributed by atoms with Crippen molar-refractivity contribution in [3.05, 3.63) is 41.9 Å². The zero-order valence-electron chi connectivity index (χ0n) is 15.3. The highest BCUT2D eigenvalue weighted by atomic mass is 19.4. The van der Waals surface area contributed by atoms with Crippen LogP contribution in [0.2, 0.25) is 0 Å². The Morgan fingerprint density at radius 1 is 1.21 bits per heavy atom. The molecule has 0 amide bonds. The summed E-state index contributed by atoms with van der Waals surface area (Å²) in [5.74, 6) is 0.724. The van der Waals surface area contributed by atoms with Gasteiger partial charge in [-0.15, -0.1) is 0 Å². The van der Waals surface area contributed by atoms with Gasteiger partial charge in [-0.05, 0) is 19.8 Å². The van der Waals surface area contributed by atoms with Gasteiger partial charge in [0.05, 0.1) is 17.6 Å². The lowest BCUT2D eigenvalue weighted by atomic mass is 10.1. The van der Waals surface area contributed by atoms with Crippen molar-refractivity contribution in [3.63, 3.8) is 0 Å². The Morgan fingerprint density at radius 2 is 2.04 bits per heavy atom. The lowest BCUT2D eigenvalue weighted by molar-refractivity contribution is -0.137. The molecule has 1 aliphatic rings. The lowest BCUT2D eigenvalue weighted by Gasteiger charge is -2.24. The lowest BCUT2D eigenvalue weighted by Crippen LogP contribution is -2.23. The van der Waals surface area contributed by atoms with E-state index in [1.807, 2.05) is 17.8 Å². The molecule has 0 aromatic carbocycles. The maximum Gasteiger partial charge on any atom is 0.421 e. The summed E-state index contributed by atoms with van der Waals surface area (Å²) >= 11 is 0. The van der Waals surface area contributed by atoms with Crippen LogP contribution in [0.4, 0.5) is 30.6 Å². The van der Waals surface area contributed by atoms with Gasteiger partial charge in [-0.25, -0.2) is 9.97 Å². The SMILES string of the molecule is CNc1nc(Nc2cnn(C3CCCn4ccnc43)c2C)ncc1C(F)(F)F. The van der Waals surface area contributed by atoms with Crippen molar-refractivity contribution in [2.75, 3.05) is 17.7 Å². The summed E-state index contributed by atoms with van der Waals surface area (Å²) in [5.41, 5.74) is 0.545. The smallest absolute Gasteiger partial charge is 0.372 e. The molecule has 1 aliphatic heterocycles. The van der Waals surface area contributed by atoms with Crippen LogP contribution in [0.25, 0.3) is 0 Å². The van der Waals surface area contributed by atoms with Crippen LogP contribution >= 0.6 is 0 Å². The third-order valence-electron chi connectivity index (χ3n) is 4.84. The van der Waals surface area contributed by atoms with E-state index >= 15 is 0 Å². The fourth-order valence-corrected chi connectivity index (χ4v) is 3.44. The normalized spacial score (nSPS) is 16.7. The molecule has 0 saturated carbocycles. The summed E-state index contributed by atoms with van der Waals surface area (Å²) in [6, 6.07) is 0.0145. The summed E-state index contributed by atoms with van der Waals surface area (Å²) in [6.07, 6.45) is 3.52. The molecular weight excluding hydrogens is 373 g/mol. The van der Waals surface area contributed by atoms with Crippen LogP contribution in [-0.2, 0) is 12.7 Å². The van der Waals surface area contributed by atoms with Crippen LogP contribution < -0.4 is 10.6 Å². The van der Waals surface area contributed by atoms with Gasteiger partial charge in [-0.3, -0.25) is 4.68 Å². The molecule has 28 heavy (non-hydrogen) atoms. The molecule has 4 rings (SSSR count). The third kappa shape index (κ3) is 3.16. The van der Waals surface area contributed by atoms with Gasteiger partial charge in [0, 0.05) is 32.2 Å². The zero-order valence-corrected chi connectivity index (χ0v) is 15.3. The molecule has 4 heterocycles. The molecule has 0 aliphatic carbocycles. The maximum atomic E-state index is 13.0. The van der Waals surface area contributed by atoms with Crippen molar-refractivity contribution in [3.8, 4) is 0 Å². The zero-order chi connectivity index (χ0) is 19.9. The second-order valence-corrected chi connectivity index (χ2v) is 6.55. The minimum atomic E-state index is -4.53. The number of halogens is 3. The summed E-state index contributed by atoms with van der Waals surface area (Å²) in [5, 5.41) is 9.89. The van der Waals surface area contributed by atoms with E-state index in [1.54, 1.807) is 12.4 Å². The maximum absolute atomic E-state index is 13.0. The Balaban J connectivity index is 1.61. The van der Waals surface area contributed by atoms with E-state index in [2.05, 4.69) is 35.3 Å². The summed E-state index contributed by atoms with van der Waals surface area (Å²) in [6.45, 7) is 2.82. The van der Waals surface area contributed by atoms with Crippen LogP contribution in [0.5, 0.6) is 0 Å². The predicted octanol–water partition coefficient (Wildman–Crippen LogP) is 3.37. The van der Waals surface area contributed by atoms with Gasteiger partial charge in [0.25, 0.3) is 0 Å². The number of hydrogen-bond acceptors (Lipinski definition) is 6. The molecule has 0 radical (unpaired) electrons. The first-order valence-corrected chi connectivity index (χ1v) is 8.82. The van der Waals surface area contributed by atoms with Crippen LogP contribution in [0.3, 0.4) is 0 Å². The van der Waals surface area contributed by atoms with Gasteiger partial charge in [0.2, 0.25) is 5.95 Å². The highest BCUT2D eigenvalue weighted by molar-refractivity contribution is 5.58. The second kappa shape index (κ2) is 6.80. The fraction of sp³-hybridized carbons (Fsp3) is 0.412. The quantitative estimate of drug-likeness (QED) is 0.708. The molecule has 0 bridgehead atoms. The topological polar surface area (TPSA) is 85.5 Å². The Kier molecular flexibility index (Phi) is 4.44. The van der Waals surface area contributed by atoms with E-state index < -0.39 is 11.7 Å². The number of alkyl halides is 3. The standard InChI is InChI=1S/C17H19F3N8/c1-10-12(25-16-23-8-11(17(18,19)20)14(21-2)26-16)9-24-28(10)13-4-3-6-27-7-5-22-15(13)27/h5,7-9,13H,3-4,6H2,1-2H3,(H2,21,23,25,26). The monoisotopic (exact) mass is 392 g/mol. The summed E-state index contributed by atoms with van der Waals surface area (Å²) in [7, 11) is 1.38. The Labute approximate surface area is 158 Å². The van der Waals surface area contributed by atoms with Gasteiger partial charge < -0.3 is 15.2 Å². The molecule has 2 N–H and O–H groups in total. The molecule has 148 valence electrons. The van der Waals surface area contributed by atoms with E-state index in [0.717, 1.165) is 37.1 Å². The van der Waals surface area contributed by atoms with Gasteiger partial charge in [0.15, 0.2) is 0 Å². The molecule has 0 fully saturated rings. The first-order valence-electron chi connectivity index (χ1n) is 8.82. The van der Waals surface area contributed by atoms with E-state index in [0.29, 0.717) is 5.69 Å². The first-order chi connectivity index (χ1) is 13.4. The van der Waals surface area contributed by atoms with Gasteiger partial charge in [-0.1, -0.05) is 0 Å². The van der Waals surface area contributed by atoms with Crippen molar-refractivity contribution in [2.24, 2.45) is 0 Å². The highest BCUT2D eigenvalue weighted by Crippen LogP contribution is 2.34. The summed E-state index contributed by atoms with van der Waals surface area (Å²) < 4.78 is 43.0. The number of aromatic nitrogens is 6. The average molecular weight is 392 g/mol. The first kappa shape index (κ1) is 18.3. The van der Waals surface area contributed by atoms with E-state index in [4.69, 9.17) is 0 Å². The van der Waals surface area contributed by atoms with Crippen molar-refractivity contribution in [1.82, 2.24) is 29.3 Å². The molecule has 3 aromatic rings. The molecule has 3 aromatic heterocycles. The molecule has 11 heteroatoms. The number of hydrogen-bond donors (Lipinski definition) is 2. The number of nitrogens with zero attached hydrogens (tertiary/aromatic N) is 6. The second-order valence-electron chi connectivity index (χ2n) is 6.55. The summed E-state index contributed by atoms with van der Waals surface area (Å²) in [4.78, 5) is 12.2. The average Bonchev–Trinajstić information content (AvgIpc) is 3.28. The number of imidazole rings is 1. The highest BCUT2D eigenvalue weighted by Gasteiger charge is 2.35. The number of anilines is 3.